The maximum atomic E-state index is 11.5. The van der Waals surface area contributed by atoms with Gasteiger partial charge in [-0.3, -0.25) is 19.9 Å². The molecule has 1 aromatic rings. The molecule has 1 spiro atoms. The summed E-state index contributed by atoms with van der Waals surface area (Å²) in [7, 11) is 2.25. The van der Waals surface area contributed by atoms with Gasteiger partial charge in [-0.15, -0.1) is 0 Å². The first-order valence-electron chi connectivity index (χ1n) is 8.93. The van der Waals surface area contributed by atoms with E-state index in [9.17, 15) is 4.79 Å². The van der Waals surface area contributed by atoms with E-state index in [2.05, 4.69) is 21.8 Å². The topological polar surface area (TPSA) is 68.7 Å². The fourth-order valence-electron chi connectivity index (χ4n) is 4.92. The van der Waals surface area contributed by atoms with E-state index in [1.54, 1.807) is 11.7 Å². The van der Waals surface area contributed by atoms with Gasteiger partial charge >= 0.3 is 0 Å². The molecule has 2 fully saturated rings. The zero-order valence-corrected chi connectivity index (χ0v) is 14.3. The predicted octanol–water partition coefficient (Wildman–Crippen LogP) is 1.43. The lowest BCUT2D eigenvalue weighted by atomic mass is 9.61. The second-order valence-corrected chi connectivity index (χ2v) is 7.89. The number of pyridine rings is 1. The molecule has 1 amide bonds. The standard InChI is InChI=1S/C18H26N4O2/c1-21-5-2-4-18(12-21)8-15(9-18)22-6-3-13-7-14(17(23)20-24)10-19-16(13)11-22/h7,10,15,24H,2-6,8-9,11-12H2,1H3,(H,20,23)/t15-,18+. The Kier molecular flexibility index (Phi) is 4.06. The number of carbonyl (C=O) groups excluding carboxylic acids is 1. The Morgan fingerprint density at radius 2 is 2.25 bits per heavy atom. The number of amides is 1. The van der Waals surface area contributed by atoms with Gasteiger partial charge in [-0.25, -0.2) is 5.48 Å². The van der Waals surface area contributed by atoms with Crippen LogP contribution in [0.2, 0.25) is 0 Å². The van der Waals surface area contributed by atoms with Crippen molar-refractivity contribution in [3.63, 3.8) is 0 Å². The zero-order valence-electron chi connectivity index (χ0n) is 14.3. The van der Waals surface area contributed by atoms with Crippen molar-refractivity contribution >= 4 is 5.91 Å². The Bertz CT molecular complexity index is 642. The van der Waals surface area contributed by atoms with Crippen LogP contribution in [0.15, 0.2) is 12.3 Å². The first kappa shape index (κ1) is 16.0. The van der Waals surface area contributed by atoms with Crippen molar-refractivity contribution in [2.24, 2.45) is 5.41 Å². The Labute approximate surface area is 142 Å². The van der Waals surface area contributed by atoms with Gasteiger partial charge in [0, 0.05) is 31.9 Å². The summed E-state index contributed by atoms with van der Waals surface area (Å²) in [5.41, 5.74) is 4.89. The van der Waals surface area contributed by atoms with E-state index in [0.717, 1.165) is 30.8 Å². The Morgan fingerprint density at radius 1 is 1.42 bits per heavy atom. The normalized spacial score (nSPS) is 30.7. The number of piperidine rings is 1. The number of hydroxylamine groups is 1. The minimum atomic E-state index is -0.491. The number of nitrogens with one attached hydrogen (secondary N) is 1. The molecule has 3 heterocycles. The van der Waals surface area contributed by atoms with Crippen molar-refractivity contribution in [3.8, 4) is 0 Å². The highest BCUT2D eigenvalue weighted by molar-refractivity contribution is 5.93. The molecule has 0 bridgehead atoms. The van der Waals surface area contributed by atoms with Gasteiger partial charge in [0.1, 0.15) is 0 Å². The monoisotopic (exact) mass is 330 g/mol. The molecule has 130 valence electrons. The smallest absolute Gasteiger partial charge is 0.276 e. The average Bonchev–Trinajstić information content (AvgIpc) is 2.58. The van der Waals surface area contributed by atoms with Crippen LogP contribution in [-0.4, -0.2) is 58.6 Å². The van der Waals surface area contributed by atoms with Crippen molar-refractivity contribution in [2.75, 3.05) is 26.7 Å². The van der Waals surface area contributed by atoms with Crippen molar-refractivity contribution in [1.82, 2.24) is 20.3 Å². The summed E-state index contributed by atoms with van der Waals surface area (Å²) in [5.74, 6) is -0.491. The number of aromatic nitrogens is 1. The van der Waals surface area contributed by atoms with E-state index in [1.807, 2.05) is 6.07 Å². The Hall–Kier alpha value is -1.50. The van der Waals surface area contributed by atoms with Gasteiger partial charge in [0.2, 0.25) is 0 Å². The van der Waals surface area contributed by atoms with Crippen LogP contribution in [0.3, 0.4) is 0 Å². The second kappa shape index (κ2) is 6.10. The predicted molar refractivity (Wildman–Crippen MR) is 89.8 cm³/mol. The maximum Gasteiger partial charge on any atom is 0.276 e. The molecule has 0 radical (unpaired) electrons. The number of hydrogen-bond donors (Lipinski definition) is 2. The van der Waals surface area contributed by atoms with Crippen molar-refractivity contribution in [1.29, 1.82) is 0 Å². The van der Waals surface area contributed by atoms with Gasteiger partial charge in [-0.2, -0.15) is 0 Å². The van der Waals surface area contributed by atoms with Crippen molar-refractivity contribution < 1.29 is 10.0 Å². The molecule has 1 saturated carbocycles. The Balaban J connectivity index is 1.40. The fraction of sp³-hybridized carbons (Fsp3) is 0.667. The summed E-state index contributed by atoms with van der Waals surface area (Å²) >= 11 is 0. The molecule has 0 atom stereocenters. The number of rotatable bonds is 2. The summed E-state index contributed by atoms with van der Waals surface area (Å²) in [6.07, 6.45) is 7.85. The Morgan fingerprint density at radius 3 is 3.00 bits per heavy atom. The highest BCUT2D eigenvalue weighted by Crippen LogP contribution is 2.49. The van der Waals surface area contributed by atoms with Crippen LogP contribution in [0.5, 0.6) is 0 Å². The van der Waals surface area contributed by atoms with Crippen LogP contribution in [0.25, 0.3) is 0 Å². The van der Waals surface area contributed by atoms with Crippen molar-refractivity contribution in [2.45, 2.75) is 44.7 Å². The number of carbonyl (C=O) groups is 1. The molecule has 0 aromatic carbocycles. The van der Waals surface area contributed by atoms with Gasteiger partial charge in [0.25, 0.3) is 5.91 Å². The largest absolute Gasteiger partial charge is 0.306 e. The van der Waals surface area contributed by atoms with E-state index in [0.29, 0.717) is 17.0 Å². The first-order chi connectivity index (χ1) is 11.6. The minimum Gasteiger partial charge on any atom is -0.306 e. The van der Waals surface area contributed by atoms with Crippen LogP contribution in [-0.2, 0) is 13.0 Å². The van der Waals surface area contributed by atoms with Crippen LogP contribution in [0.4, 0.5) is 0 Å². The van der Waals surface area contributed by atoms with Crippen molar-refractivity contribution in [3.05, 3.63) is 29.1 Å². The van der Waals surface area contributed by atoms with Crippen LogP contribution < -0.4 is 5.48 Å². The summed E-state index contributed by atoms with van der Waals surface area (Å²) < 4.78 is 0. The number of nitrogens with zero attached hydrogens (tertiary/aromatic N) is 3. The number of hydrogen-bond acceptors (Lipinski definition) is 5. The van der Waals surface area contributed by atoms with E-state index in [-0.39, 0.29) is 0 Å². The van der Waals surface area contributed by atoms with Gasteiger partial charge in [-0.05, 0) is 62.7 Å². The maximum absolute atomic E-state index is 11.5. The molecule has 1 saturated heterocycles. The summed E-state index contributed by atoms with van der Waals surface area (Å²) in [6.45, 7) is 4.42. The summed E-state index contributed by atoms with van der Waals surface area (Å²) in [6, 6.07) is 2.55. The van der Waals surface area contributed by atoms with Gasteiger partial charge in [0.15, 0.2) is 0 Å². The van der Waals surface area contributed by atoms with E-state index < -0.39 is 5.91 Å². The van der Waals surface area contributed by atoms with E-state index >= 15 is 0 Å². The van der Waals surface area contributed by atoms with E-state index in [1.165, 1.54) is 38.8 Å². The molecule has 4 rings (SSSR count). The number of fused-ring (bicyclic) bond motifs is 1. The second-order valence-electron chi connectivity index (χ2n) is 7.89. The van der Waals surface area contributed by atoms with E-state index in [4.69, 9.17) is 5.21 Å². The molecule has 3 aliphatic rings. The molecule has 2 aliphatic heterocycles. The number of likely N-dealkylation sites (tertiary alicyclic amines) is 1. The third kappa shape index (κ3) is 2.83. The van der Waals surface area contributed by atoms with Gasteiger partial charge in [-0.1, -0.05) is 0 Å². The molecule has 0 unspecified atom stereocenters. The third-order valence-electron chi connectivity index (χ3n) is 6.15. The lowest BCUT2D eigenvalue weighted by Gasteiger charge is -2.56. The molecular formula is C18H26N4O2. The SMILES string of the molecule is CN1CCC[C@]2(C1)C[C@@H](N1CCc3cc(C(=O)NO)cnc3C1)C2. The fourth-order valence-corrected chi connectivity index (χ4v) is 4.92. The van der Waals surface area contributed by atoms with Crippen LogP contribution in [0, 0.1) is 5.41 Å². The molecule has 6 nitrogen and oxygen atoms in total. The average molecular weight is 330 g/mol. The molecule has 24 heavy (non-hydrogen) atoms. The van der Waals surface area contributed by atoms with Gasteiger partial charge < -0.3 is 4.90 Å². The minimum absolute atomic E-state index is 0.428. The highest BCUT2D eigenvalue weighted by atomic mass is 16.5. The molecule has 1 aromatic heterocycles. The lowest BCUT2D eigenvalue weighted by molar-refractivity contribution is -0.0492. The molecular weight excluding hydrogens is 304 g/mol. The van der Waals surface area contributed by atoms with Gasteiger partial charge in [0.05, 0.1) is 11.3 Å². The molecule has 2 N–H and O–H groups in total. The molecule has 6 heteroatoms. The summed E-state index contributed by atoms with van der Waals surface area (Å²) in [5, 5.41) is 8.75. The zero-order chi connectivity index (χ0) is 16.7. The third-order valence-corrected chi connectivity index (χ3v) is 6.15. The quantitative estimate of drug-likeness (QED) is 0.634. The first-order valence-corrected chi connectivity index (χ1v) is 8.93. The van der Waals surface area contributed by atoms with Crippen LogP contribution in [0.1, 0.15) is 47.3 Å². The molecule has 1 aliphatic carbocycles. The summed E-state index contributed by atoms with van der Waals surface area (Å²) in [4.78, 5) is 21.0. The lowest BCUT2D eigenvalue weighted by Crippen LogP contribution is -2.57. The van der Waals surface area contributed by atoms with Crippen LogP contribution >= 0.6 is 0 Å². The highest BCUT2D eigenvalue weighted by Gasteiger charge is 2.48.